The summed E-state index contributed by atoms with van der Waals surface area (Å²) in [6.45, 7) is 6.80. The summed E-state index contributed by atoms with van der Waals surface area (Å²) in [4.78, 5) is 15.8. The minimum Gasteiger partial charge on any atom is -0.317 e. The number of rotatable bonds is 2. The van der Waals surface area contributed by atoms with Crippen LogP contribution in [0.1, 0.15) is 24.2 Å². The van der Waals surface area contributed by atoms with E-state index in [0.29, 0.717) is 5.92 Å². The summed E-state index contributed by atoms with van der Waals surface area (Å²) in [6, 6.07) is 1.97. The summed E-state index contributed by atoms with van der Waals surface area (Å²) in [5.74, 6) is 0.613. The van der Waals surface area contributed by atoms with E-state index in [4.69, 9.17) is 0 Å². The number of aromatic nitrogens is 2. The summed E-state index contributed by atoms with van der Waals surface area (Å²) < 4.78 is 1.81. The monoisotopic (exact) mass is 221 g/mol. The standard InChI is InChI=1S/C12H19N3O/c1-9-7-10(2)15(12(16)14-9)8-11-3-5-13-6-4-11/h7,11,13H,3-6,8H2,1-2H3. The molecule has 0 aromatic carbocycles. The minimum atomic E-state index is -0.101. The summed E-state index contributed by atoms with van der Waals surface area (Å²) in [5.41, 5.74) is 1.73. The summed E-state index contributed by atoms with van der Waals surface area (Å²) >= 11 is 0. The average molecular weight is 221 g/mol. The summed E-state index contributed by atoms with van der Waals surface area (Å²) in [6.07, 6.45) is 2.31. The first kappa shape index (κ1) is 11.3. The van der Waals surface area contributed by atoms with E-state index in [1.165, 1.54) is 0 Å². The van der Waals surface area contributed by atoms with Gasteiger partial charge in [0.15, 0.2) is 0 Å². The Morgan fingerprint density at radius 3 is 2.75 bits per heavy atom. The van der Waals surface area contributed by atoms with Crippen LogP contribution in [0.15, 0.2) is 10.9 Å². The van der Waals surface area contributed by atoms with Crippen LogP contribution in [0, 0.1) is 19.8 Å². The van der Waals surface area contributed by atoms with Crippen molar-refractivity contribution in [3.8, 4) is 0 Å². The predicted octanol–water partition coefficient (Wildman–Crippen LogP) is 0.860. The molecule has 0 aliphatic carbocycles. The molecule has 0 spiro atoms. The fraction of sp³-hybridized carbons (Fsp3) is 0.667. The first-order valence-electron chi connectivity index (χ1n) is 5.92. The molecule has 0 amide bonds. The van der Waals surface area contributed by atoms with Crippen LogP contribution in [0.2, 0.25) is 0 Å². The van der Waals surface area contributed by atoms with Crippen molar-refractivity contribution >= 4 is 0 Å². The van der Waals surface area contributed by atoms with E-state index in [1.807, 2.05) is 24.5 Å². The van der Waals surface area contributed by atoms with E-state index in [0.717, 1.165) is 43.9 Å². The normalized spacial score (nSPS) is 17.6. The zero-order chi connectivity index (χ0) is 11.5. The molecule has 2 heterocycles. The number of hydrogen-bond donors (Lipinski definition) is 1. The molecule has 1 aromatic rings. The molecule has 1 aromatic heterocycles. The second kappa shape index (κ2) is 4.78. The van der Waals surface area contributed by atoms with Gasteiger partial charge < -0.3 is 5.32 Å². The van der Waals surface area contributed by atoms with Crippen molar-refractivity contribution in [2.24, 2.45) is 5.92 Å². The van der Waals surface area contributed by atoms with Crippen LogP contribution in [0.5, 0.6) is 0 Å². The molecule has 1 aliphatic heterocycles. The second-order valence-electron chi connectivity index (χ2n) is 4.63. The van der Waals surface area contributed by atoms with Gasteiger partial charge in [0.2, 0.25) is 0 Å². The molecule has 16 heavy (non-hydrogen) atoms. The molecule has 88 valence electrons. The Kier molecular flexibility index (Phi) is 3.39. The largest absolute Gasteiger partial charge is 0.347 e. The molecule has 1 saturated heterocycles. The van der Waals surface area contributed by atoms with Gasteiger partial charge in [-0.15, -0.1) is 0 Å². The highest BCUT2D eigenvalue weighted by Gasteiger charge is 2.15. The topological polar surface area (TPSA) is 46.9 Å². The summed E-state index contributed by atoms with van der Waals surface area (Å²) in [7, 11) is 0. The first-order valence-corrected chi connectivity index (χ1v) is 5.92. The van der Waals surface area contributed by atoms with E-state index in [9.17, 15) is 4.79 Å². The lowest BCUT2D eigenvalue weighted by Gasteiger charge is -2.23. The Labute approximate surface area is 95.7 Å². The quantitative estimate of drug-likeness (QED) is 0.805. The third kappa shape index (κ3) is 2.50. The van der Waals surface area contributed by atoms with E-state index in [1.54, 1.807) is 0 Å². The van der Waals surface area contributed by atoms with Crippen LogP contribution in [0.25, 0.3) is 0 Å². The number of piperidine rings is 1. The highest BCUT2D eigenvalue weighted by Crippen LogP contribution is 2.14. The van der Waals surface area contributed by atoms with Crippen molar-refractivity contribution in [1.82, 2.24) is 14.9 Å². The third-order valence-electron chi connectivity index (χ3n) is 3.25. The Morgan fingerprint density at radius 1 is 1.44 bits per heavy atom. The van der Waals surface area contributed by atoms with Crippen LogP contribution in [0.4, 0.5) is 0 Å². The highest BCUT2D eigenvalue weighted by molar-refractivity contribution is 5.06. The number of aryl methyl sites for hydroxylation is 2. The molecule has 4 nitrogen and oxygen atoms in total. The molecular weight excluding hydrogens is 202 g/mol. The van der Waals surface area contributed by atoms with E-state index in [2.05, 4.69) is 10.3 Å². The first-order chi connectivity index (χ1) is 7.66. The van der Waals surface area contributed by atoms with Gasteiger partial charge >= 0.3 is 5.69 Å². The smallest absolute Gasteiger partial charge is 0.317 e. The molecule has 1 N–H and O–H groups in total. The third-order valence-corrected chi connectivity index (χ3v) is 3.25. The maximum absolute atomic E-state index is 11.8. The Balaban J connectivity index is 2.17. The Morgan fingerprint density at radius 2 is 2.12 bits per heavy atom. The van der Waals surface area contributed by atoms with Crippen molar-refractivity contribution in [3.63, 3.8) is 0 Å². The number of nitrogens with one attached hydrogen (secondary N) is 1. The van der Waals surface area contributed by atoms with Crippen LogP contribution in [0.3, 0.4) is 0 Å². The van der Waals surface area contributed by atoms with Gasteiger partial charge in [0.05, 0.1) is 0 Å². The molecule has 0 saturated carbocycles. The maximum Gasteiger partial charge on any atom is 0.347 e. The van der Waals surface area contributed by atoms with Gasteiger partial charge in [-0.05, 0) is 51.8 Å². The molecule has 0 radical (unpaired) electrons. The predicted molar refractivity (Wildman–Crippen MR) is 63.6 cm³/mol. The van der Waals surface area contributed by atoms with E-state index >= 15 is 0 Å². The average Bonchev–Trinajstić information content (AvgIpc) is 2.25. The van der Waals surface area contributed by atoms with E-state index in [-0.39, 0.29) is 5.69 Å². The molecule has 0 atom stereocenters. The maximum atomic E-state index is 11.8. The van der Waals surface area contributed by atoms with Crippen molar-refractivity contribution < 1.29 is 0 Å². The summed E-state index contributed by atoms with van der Waals surface area (Å²) in [5, 5.41) is 3.34. The van der Waals surface area contributed by atoms with Crippen molar-refractivity contribution in [2.45, 2.75) is 33.2 Å². The van der Waals surface area contributed by atoms with Crippen molar-refractivity contribution in [2.75, 3.05) is 13.1 Å². The van der Waals surface area contributed by atoms with Gasteiger partial charge in [0.25, 0.3) is 0 Å². The number of nitrogens with zero attached hydrogens (tertiary/aromatic N) is 2. The fourth-order valence-corrected chi connectivity index (χ4v) is 2.32. The zero-order valence-electron chi connectivity index (χ0n) is 9.99. The molecule has 2 rings (SSSR count). The lowest BCUT2D eigenvalue weighted by Crippen LogP contribution is -2.34. The van der Waals surface area contributed by atoms with Crippen molar-refractivity contribution in [3.05, 3.63) is 27.9 Å². The van der Waals surface area contributed by atoms with Gasteiger partial charge in [-0.2, -0.15) is 4.98 Å². The van der Waals surface area contributed by atoms with Crippen LogP contribution >= 0.6 is 0 Å². The molecule has 0 bridgehead atoms. The lowest BCUT2D eigenvalue weighted by atomic mass is 9.98. The minimum absolute atomic E-state index is 0.101. The zero-order valence-corrected chi connectivity index (χ0v) is 9.99. The Hall–Kier alpha value is -1.16. The van der Waals surface area contributed by atoms with Gasteiger partial charge in [-0.25, -0.2) is 4.79 Å². The van der Waals surface area contributed by atoms with Crippen molar-refractivity contribution in [1.29, 1.82) is 0 Å². The Bertz CT molecular complexity index is 419. The van der Waals surface area contributed by atoms with Crippen LogP contribution in [-0.2, 0) is 6.54 Å². The highest BCUT2D eigenvalue weighted by atomic mass is 16.1. The van der Waals surface area contributed by atoms with Gasteiger partial charge in [-0.3, -0.25) is 4.57 Å². The van der Waals surface area contributed by atoms with Gasteiger partial charge in [0.1, 0.15) is 0 Å². The van der Waals surface area contributed by atoms with Gasteiger partial charge in [-0.1, -0.05) is 0 Å². The SMILES string of the molecule is Cc1cc(C)n(CC2CCNCC2)c(=O)n1. The molecular formula is C12H19N3O. The lowest BCUT2D eigenvalue weighted by molar-refractivity contribution is 0.325. The molecule has 1 aliphatic rings. The van der Waals surface area contributed by atoms with E-state index < -0.39 is 0 Å². The van der Waals surface area contributed by atoms with Crippen LogP contribution in [-0.4, -0.2) is 22.6 Å². The van der Waals surface area contributed by atoms with Gasteiger partial charge in [0, 0.05) is 17.9 Å². The molecule has 0 unspecified atom stereocenters. The fourth-order valence-electron chi connectivity index (χ4n) is 2.32. The molecule has 1 fully saturated rings. The van der Waals surface area contributed by atoms with Crippen LogP contribution < -0.4 is 11.0 Å². The second-order valence-corrected chi connectivity index (χ2v) is 4.63. The number of hydrogen-bond acceptors (Lipinski definition) is 3. The molecule has 4 heteroatoms.